The Morgan fingerprint density at radius 3 is 2.44 bits per heavy atom. The zero-order valence-corrected chi connectivity index (χ0v) is 10.6. The lowest BCUT2D eigenvalue weighted by atomic mass is 10.3. The summed E-state index contributed by atoms with van der Waals surface area (Å²) in [5, 5.41) is 3.15. The van der Waals surface area contributed by atoms with Crippen molar-refractivity contribution < 1.29 is 4.79 Å². The Balaban J connectivity index is 2.75. The van der Waals surface area contributed by atoms with E-state index in [1.165, 1.54) is 4.90 Å². The number of nitrogens with one attached hydrogen (secondary N) is 1. The molecule has 0 radical (unpaired) electrons. The molecule has 5 nitrogen and oxygen atoms in total. The molecule has 1 N–H and O–H groups in total. The molecule has 0 aliphatic carbocycles. The summed E-state index contributed by atoms with van der Waals surface area (Å²) >= 11 is 5.90. The number of hydrogen-bond donors (Lipinski definition) is 1. The van der Waals surface area contributed by atoms with Crippen molar-refractivity contribution in [2.45, 2.75) is 13.8 Å². The van der Waals surface area contributed by atoms with Crippen molar-refractivity contribution in [2.24, 2.45) is 0 Å². The second-order valence-electron chi connectivity index (χ2n) is 3.68. The van der Waals surface area contributed by atoms with Crippen LogP contribution in [-0.4, -0.2) is 41.4 Å². The fourth-order valence-electron chi connectivity index (χ4n) is 1.01. The lowest BCUT2D eigenvalue weighted by molar-refractivity contribution is -0.126. The van der Waals surface area contributed by atoms with Crippen LogP contribution in [0.5, 0.6) is 0 Å². The van der Waals surface area contributed by atoms with E-state index in [1.807, 2.05) is 13.8 Å². The molecule has 0 fully saturated rings. The quantitative estimate of drug-likeness (QED) is 0.867. The molecule has 0 spiro atoms. The van der Waals surface area contributed by atoms with Crippen LogP contribution in [0.4, 0.5) is 5.82 Å². The predicted octanol–water partition coefficient (Wildman–Crippen LogP) is 1.25. The number of aromatic nitrogens is 2. The fraction of sp³-hybridized carbons (Fsp3) is 0.500. The van der Waals surface area contributed by atoms with Crippen molar-refractivity contribution >= 4 is 23.3 Å². The average Bonchev–Trinajstić information content (AvgIpc) is 2.20. The average molecular weight is 243 g/mol. The first-order chi connectivity index (χ1) is 7.41. The highest BCUT2D eigenvalue weighted by Crippen LogP contribution is 2.17. The van der Waals surface area contributed by atoms with Gasteiger partial charge >= 0.3 is 0 Å². The largest absolute Gasteiger partial charge is 0.358 e. The molecule has 0 saturated heterocycles. The van der Waals surface area contributed by atoms with Crippen molar-refractivity contribution in [2.75, 3.05) is 26.0 Å². The van der Waals surface area contributed by atoms with Gasteiger partial charge in [0.25, 0.3) is 0 Å². The van der Waals surface area contributed by atoms with Crippen LogP contribution in [0.1, 0.15) is 11.4 Å². The monoisotopic (exact) mass is 242 g/mol. The third-order valence-electron chi connectivity index (χ3n) is 2.17. The maximum absolute atomic E-state index is 11.4. The van der Waals surface area contributed by atoms with Gasteiger partial charge in [0.2, 0.25) is 5.91 Å². The second kappa shape index (κ2) is 5.12. The van der Waals surface area contributed by atoms with E-state index in [4.69, 9.17) is 11.6 Å². The molecular formula is C10H15ClN4O. The number of amides is 1. The topological polar surface area (TPSA) is 58.1 Å². The molecule has 1 rings (SSSR count). The molecule has 0 atom stereocenters. The van der Waals surface area contributed by atoms with E-state index in [2.05, 4.69) is 15.3 Å². The second-order valence-corrected chi connectivity index (χ2v) is 4.03. The summed E-state index contributed by atoms with van der Waals surface area (Å²) in [4.78, 5) is 21.2. The molecule has 1 amide bonds. The number of likely N-dealkylation sites (N-methyl/N-ethyl adjacent to an activating group) is 1. The van der Waals surface area contributed by atoms with Crippen molar-refractivity contribution in [1.82, 2.24) is 14.9 Å². The molecule has 0 unspecified atom stereocenters. The van der Waals surface area contributed by atoms with E-state index < -0.39 is 0 Å². The van der Waals surface area contributed by atoms with Gasteiger partial charge in [0.15, 0.2) is 11.0 Å². The number of carbonyl (C=O) groups is 1. The van der Waals surface area contributed by atoms with E-state index in [0.717, 1.165) is 11.4 Å². The molecule has 1 aromatic heterocycles. The Hall–Kier alpha value is -1.36. The van der Waals surface area contributed by atoms with Gasteiger partial charge in [-0.15, -0.1) is 0 Å². The van der Waals surface area contributed by atoms with Gasteiger partial charge < -0.3 is 10.2 Å². The third-order valence-corrected chi connectivity index (χ3v) is 2.43. The zero-order valence-electron chi connectivity index (χ0n) is 9.83. The Morgan fingerprint density at radius 1 is 1.31 bits per heavy atom. The van der Waals surface area contributed by atoms with Gasteiger partial charge in [-0.1, -0.05) is 11.6 Å². The summed E-state index contributed by atoms with van der Waals surface area (Å²) < 4.78 is 0. The molecule has 0 aliphatic heterocycles. The molecule has 16 heavy (non-hydrogen) atoms. The molecule has 6 heteroatoms. The third kappa shape index (κ3) is 3.06. The van der Waals surface area contributed by atoms with Gasteiger partial charge in [0.05, 0.1) is 17.9 Å². The first kappa shape index (κ1) is 12.7. The van der Waals surface area contributed by atoms with Crippen LogP contribution in [0.3, 0.4) is 0 Å². The van der Waals surface area contributed by atoms with E-state index >= 15 is 0 Å². The van der Waals surface area contributed by atoms with Crippen molar-refractivity contribution in [3.05, 3.63) is 16.5 Å². The standard InChI is InChI=1S/C10H15ClN4O/c1-6-7(2)14-10(9(11)13-6)12-5-8(16)15(3)4/h5H2,1-4H3,(H,12,14). The molecule has 0 saturated carbocycles. The molecule has 1 heterocycles. The highest BCUT2D eigenvalue weighted by atomic mass is 35.5. The Kier molecular flexibility index (Phi) is 4.06. The molecule has 0 bridgehead atoms. The summed E-state index contributed by atoms with van der Waals surface area (Å²) in [6.45, 7) is 3.84. The van der Waals surface area contributed by atoms with Gasteiger partial charge in [-0.2, -0.15) is 0 Å². The zero-order chi connectivity index (χ0) is 12.3. The van der Waals surface area contributed by atoms with Crippen LogP contribution in [0, 0.1) is 13.8 Å². The van der Waals surface area contributed by atoms with Crippen LogP contribution in [0.25, 0.3) is 0 Å². The Bertz CT molecular complexity index is 406. The number of rotatable bonds is 3. The molecule has 0 aromatic carbocycles. The van der Waals surface area contributed by atoms with Gasteiger partial charge in [0.1, 0.15) is 0 Å². The fourth-order valence-corrected chi connectivity index (χ4v) is 1.24. The first-order valence-corrected chi connectivity index (χ1v) is 5.24. The summed E-state index contributed by atoms with van der Waals surface area (Å²) in [6.07, 6.45) is 0. The van der Waals surface area contributed by atoms with Gasteiger partial charge in [-0.05, 0) is 13.8 Å². The first-order valence-electron chi connectivity index (χ1n) is 4.86. The number of anilines is 1. The highest BCUT2D eigenvalue weighted by molar-refractivity contribution is 6.31. The van der Waals surface area contributed by atoms with Crippen molar-refractivity contribution in [3.63, 3.8) is 0 Å². The SMILES string of the molecule is Cc1nc(Cl)c(NCC(=O)N(C)C)nc1C. The Labute approximate surface area is 99.8 Å². The van der Waals surface area contributed by atoms with Crippen LogP contribution in [-0.2, 0) is 4.79 Å². The molecular weight excluding hydrogens is 228 g/mol. The van der Waals surface area contributed by atoms with E-state index in [-0.39, 0.29) is 17.6 Å². The lowest BCUT2D eigenvalue weighted by Gasteiger charge is -2.12. The molecule has 0 aliphatic rings. The van der Waals surface area contributed by atoms with Crippen molar-refractivity contribution in [1.29, 1.82) is 0 Å². The summed E-state index contributed by atoms with van der Waals surface area (Å²) in [7, 11) is 3.38. The maximum atomic E-state index is 11.4. The summed E-state index contributed by atoms with van der Waals surface area (Å²) in [5.74, 6) is 0.399. The summed E-state index contributed by atoms with van der Waals surface area (Å²) in [6, 6.07) is 0. The molecule has 1 aromatic rings. The van der Waals surface area contributed by atoms with Gasteiger partial charge in [-0.25, -0.2) is 9.97 Å². The lowest BCUT2D eigenvalue weighted by Crippen LogP contribution is -2.29. The van der Waals surface area contributed by atoms with Crippen LogP contribution in [0.2, 0.25) is 5.15 Å². The molecule has 88 valence electrons. The smallest absolute Gasteiger partial charge is 0.241 e. The van der Waals surface area contributed by atoms with Crippen LogP contribution >= 0.6 is 11.6 Å². The normalized spacial score (nSPS) is 10.1. The minimum Gasteiger partial charge on any atom is -0.358 e. The van der Waals surface area contributed by atoms with Gasteiger partial charge in [0, 0.05) is 14.1 Å². The number of halogens is 1. The number of nitrogens with zero attached hydrogens (tertiary/aromatic N) is 3. The van der Waals surface area contributed by atoms with Gasteiger partial charge in [-0.3, -0.25) is 4.79 Å². The van der Waals surface area contributed by atoms with Crippen LogP contribution in [0.15, 0.2) is 0 Å². The minimum absolute atomic E-state index is 0.0453. The van der Waals surface area contributed by atoms with E-state index in [1.54, 1.807) is 14.1 Å². The van der Waals surface area contributed by atoms with Crippen LogP contribution < -0.4 is 5.32 Å². The van der Waals surface area contributed by atoms with E-state index in [0.29, 0.717) is 5.82 Å². The predicted molar refractivity (Wildman–Crippen MR) is 63.7 cm³/mol. The van der Waals surface area contributed by atoms with Crippen molar-refractivity contribution in [3.8, 4) is 0 Å². The highest BCUT2D eigenvalue weighted by Gasteiger charge is 2.09. The number of hydrogen-bond acceptors (Lipinski definition) is 4. The Morgan fingerprint density at radius 2 is 1.88 bits per heavy atom. The minimum atomic E-state index is -0.0453. The van der Waals surface area contributed by atoms with E-state index in [9.17, 15) is 4.79 Å². The number of aryl methyl sites for hydroxylation is 2. The maximum Gasteiger partial charge on any atom is 0.241 e. The number of carbonyl (C=O) groups excluding carboxylic acids is 1. The summed E-state index contributed by atoms with van der Waals surface area (Å²) in [5.41, 5.74) is 1.58.